The van der Waals surface area contributed by atoms with Crippen LogP contribution in [0, 0.1) is 11.8 Å². The quantitative estimate of drug-likeness (QED) is 0.842. The molecule has 0 fully saturated rings. The molecule has 20 heavy (non-hydrogen) atoms. The standard InChI is InChI=1S/C18H17NO/c20-13-3-4-15-7-9-16(10-8-15)14-19-12-11-17-5-1-2-6-18(17)19/h1-2,5-10,20H,11-14H2. The molecule has 0 amide bonds. The molecule has 0 aromatic heterocycles. The number of nitrogens with zero attached hydrogens (tertiary/aromatic N) is 1. The van der Waals surface area contributed by atoms with E-state index >= 15 is 0 Å². The minimum Gasteiger partial charge on any atom is -0.384 e. The van der Waals surface area contributed by atoms with Crippen molar-refractivity contribution < 1.29 is 5.11 Å². The van der Waals surface area contributed by atoms with E-state index < -0.39 is 0 Å². The average molecular weight is 263 g/mol. The highest BCUT2D eigenvalue weighted by molar-refractivity contribution is 5.58. The van der Waals surface area contributed by atoms with E-state index in [-0.39, 0.29) is 6.61 Å². The first-order valence-corrected chi connectivity index (χ1v) is 6.88. The molecule has 2 nitrogen and oxygen atoms in total. The van der Waals surface area contributed by atoms with Gasteiger partial charge in [-0.2, -0.15) is 0 Å². The Hall–Kier alpha value is -2.24. The Morgan fingerprint density at radius 1 is 1.05 bits per heavy atom. The number of hydrogen-bond donors (Lipinski definition) is 1. The molecule has 0 spiro atoms. The molecule has 0 saturated carbocycles. The molecule has 1 aliphatic heterocycles. The molecular weight excluding hydrogens is 246 g/mol. The molecule has 2 heteroatoms. The van der Waals surface area contributed by atoms with Gasteiger partial charge in [0.2, 0.25) is 0 Å². The van der Waals surface area contributed by atoms with Crippen LogP contribution in [-0.4, -0.2) is 18.3 Å². The molecule has 1 aliphatic rings. The Bertz CT molecular complexity index is 649. The molecule has 2 aromatic carbocycles. The second-order valence-corrected chi connectivity index (χ2v) is 4.96. The van der Waals surface area contributed by atoms with Crippen molar-refractivity contribution in [3.05, 3.63) is 65.2 Å². The Labute approximate surface area is 119 Å². The zero-order chi connectivity index (χ0) is 13.8. The van der Waals surface area contributed by atoms with Gasteiger partial charge >= 0.3 is 0 Å². The van der Waals surface area contributed by atoms with Crippen LogP contribution >= 0.6 is 0 Å². The maximum atomic E-state index is 8.68. The van der Waals surface area contributed by atoms with Gasteiger partial charge in [0.05, 0.1) is 0 Å². The third-order valence-electron chi connectivity index (χ3n) is 3.62. The number of anilines is 1. The SMILES string of the molecule is OCC#Cc1ccc(CN2CCc3ccccc32)cc1. The molecule has 1 heterocycles. The summed E-state index contributed by atoms with van der Waals surface area (Å²) in [6.45, 7) is 1.93. The normalized spacial score (nSPS) is 12.8. The lowest BCUT2D eigenvalue weighted by molar-refractivity contribution is 0.350. The minimum absolute atomic E-state index is 0.0910. The van der Waals surface area contributed by atoms with Crippen LogP contribution in [0.15, 0.2) is 48.5 Å². The van der Waals surface area contributed by atoms with Crippen LogP contribution in [0.5, 0.6) is 0 Å². The third-order valence-corrected chi connectivity index (χ3v) is 3.62. The van der Waals surface area contributed by atoms with Gasteiger partial charge < -0.3 is 10.0 Å². The number of rotatable bonds is 2. The smallest absolute Gasteiger partial charge is 0.104 e. The maximum absolute atomic E-state index is 8.68. The topological polar surface area (TPSA) is 23.5 Å². The number of fused-ring (bicyclic) bond motifs is 1. The number of para-hydroxylation sites is 1. The van der Waals surface area contributed by atoms with E-state index in [1.165, 1.54) is 16.8 Å². The monoisotopic (exact) mass is 263 g/mol. The summed E-state index contributed by atoms with van der Waals surface area (Å²) >= 11 is 0. The van der Waals surface area contributed by atoms with Gasteiger partial charge in [-0.25, -0.2) is 0 Å². The van der Waals surface area contributed by atoms with Crippen LogP contribution < -0.4 is 4.90 Å². The summed E-state index contributed by atoms with van der Waals surface area (Å²) < 4.78 is 0. The van der Waals surface area contributed by atoms with Crippen LogP contribution in [0.2, 0.25) is 0 Å². The van der Waals surface area contributed by atoms with Gasteiger partial charge in [0.1, 0.15) is 6.61 Å². The second kappa shape index (κ2) is 5.81. The van der Waals surface area contributed by atoms with Crippen molar-refractivity contribution in [1.82, 2.24) is 0 Å². The van der Waals surface area contributed by atoms with Crippen LogP contribution in [0.1, 0.15) is 16.7 Å². The van der Waals surface area contributed by atoms with E-state index in [4.69, 9.17) is 5.11 Å². The predicted octanol–water partition coefficient (Wildman–Crippen LogP) is 2.59. The van der Waals surface area contributed by atoms with Gasteiger partial charge in [0, 0.05) is 24.3 Å². The van der Waals surface area contributed by atoms with E-state index in [0.717, 1.165) is 25.1 Å². The van der Waals surface area contributed by atoms with Gasteiger partial charge in [0.15, 0.2) is 0 Å². The Balaban J connectivity index is 1.73. The first kappa shape index (κ1) is 12.8. The summed E-state index contributed by atoms with van der Waals surface area (Å²) in [6, 6.07) is 16.9. The Morgan fingerprint density at radius 2 is 1.85 bits per heavy atom. The van der Waals surface area contributed by atoms with E-state index in [0.29, 0.717) is 0 Å². The van der Waals surface area contributed by atoms with E-state index in [2.05, 4.69) is 53.1 Å². The lowest BCUT2D eigenvalue weighted by Gasteiger charge is -2.19. The highest BCUT2D eigenvalue weighted by atomic mass is 16.2. The van der Waals surface area contributed by atoms with Crippen molar-refractivity contribution in [3.8, 4) is 11.8 Å². The van der Waals surface area contributed by atoms with E-state index in [1.807, 2.05) is 12.1 Å². The van der Waals surface area contributed by atoms with Gasteiger partial charge in [-0.3, -0.25) is 0 Å². The number of aliphatic hydroxyl groups is 1. The fourth-order valence-electron chi connectivity index (χ4n) is 2.63. The molecule has 0 aliphatic carbocycles. The van der Waals surface area contributed by atoms with Crippen molar-refractivity contribution in [2.24, 2.45) is 0 Å². The Kier molecular flexibility index (Phi) is 3.71. The largest absolute Gasteiger partial charge is 0.384 e. The van der Waals surface area contributed by atoms with Gasteiger partial charge in [-0.05, 0) is 35.7 Å². The molecule has 0 radical (unpaired) electrons. The summed E-state index contributed by atoms with van der Waals surface area (Å²) in [6.07, 6.45) is 1.14. The first-order valence-electron chi connectivity index (χ1n) is 6.88. The number of aliphatic hydroxyl groups excluding tert-OH is 1. The van der Waals surface area contributed by atoms with Crippen LogP contribution in [-0.2, 0) is 13.0 Å². The predicted molar refractivity (Wildman–Crippen MR) is 81.6 cm³/mol. The molecule has 0 atom stereocenters. The molecule has 0 bridgehead atoms. The summed E-state index contributed by atoms with van der Waals surface area (Å²) in [5, 5.41) is 8.68. The van der Waals surface area contributed by atoms with Crippen molar-refractivity contribution in [2.75, 3.05) is 18.1 Å². The highest BCUT2D eigenvalue weighted by Gasteiger charge is 2.17. The van der Waals surface area contributed by atoms with Gasteiger partial charge in [-0.15, -0.1) is 0 Å². The van der Waals surface area contributed by atoms with Gasteiger partial charge in [-0.1, -0.05) is 42.2 Å². The lowest BCUT2D eigenvalue weighted by Crippen LogP contribution is -2.19. The fraction of sp³-hybridized carbons (Fsp3) is 0.222. The summed E-state index contributed by atoms with van der Waals surface area (Å²) in [7, 11) is 0. The molecule has 2 aromatic rings. The zero-order valence-electron chi connectivity index (χ0n) is 11.3. The molecule has 1 N–H and O–H groups in total. The number of benzene rings is 2. The first-order chi connectivity index (χ1) is 9.86. The summed E-state index contributed by atoms with van der Waals surface area (Å²) in [4.78, 5) is 2.42. The van der Waals surface area contributed by atoms with Crippen molar-refractivity contribution in [2.45, 2.75) is 13.0 Å². The summed E-state index contributed by atoms with van der Waals surface area (Å²) in [5.41, 5.74) is 5.04. The fourth-order valence-corrected chi connectivity index (χ4v) is 2.63. The van der Waals surface area contributed by atoms with Crippen LogP contribution in [0.25, 0.3) is 0 Å². The van der Waals surface area contributed by atoms with Crippen LogP contribution in [0.4, 0.5) is 5.69 Å². The molecule has 0 unspecified atom stereocenters. The Morgan fingerprint density at radius 3 is 2.65 bits per heavy atom. The van der Waals surface area contributed by atoms with Gasteiger partial charge in [0.25, 0.3) is 0 Å². The maximum Gasteiger partial charge on any atom is 0.104 e. The van der Waals surface area contributed by atoms with E-state index in [1.54, 1.807) is 0 Å². The van der Waals surface area contributed by atoms with E-state index in [9.17, 15) is 0 Å². The highest BCUT2D eigenvalue weighted by Crippen LogP contribution is 2.28. The number of hydrogen-bond acceptors (Lipinski definition) is 2. The van der Waals surface area contributed by atoms with Crippen molar-refractivity contribution in [3.63, 3.8) is 0 Å². The van der Waals surface area contributed by atoms with Crippen molar-refractivity contribution in [1.29, 1.82) is 0 Å². The lowest BCUT2D eigenvalue weighted by atomic mass is 10.1. The average Bonchev–Trinajstić information content (AvgIpc) is 2.90. The summed E-state index contributed by atoms with van der Waals surface area (Å²) in [5.74, 6) is 5.58. The third kappa shape index (κ3) is 2.68. The zero-order valence-corrected chi connectivity index (χ0v) is 11.3. The van der Waals surface area contributed by atoms with Crippen molar-refractivity contribution >= 4 is 5.69 Å². The molecule has 100 valence electrons. The molecule has 0 saturated heterocycles. The minimum atomic E-state index is -0.0910. The molecule has 3 rings (SSSR count). The second-order valence-electron chi connectivity index (χ2n) is 4.96. The molecular formula is C18H17NO. The van der Waals surface area contributed by atoms with Crippen LogP contribution in [0.3, 0.4) is 0 Å².